The molecule has 0 atom stereocenters. The predicted octanol–water partition coefficient (Wildman–Crippen LogP) is 0.766. The first-order chi connectivity index (χ1) is 14.4. The fourth-order valence-corrected chi connectivity index (χ4v) is 5.77. The molecule has 0 unspecified atom stereocenters. The van der Waals surface area contributed by atoms with Crippen LogP contribution in [0.15, 0.2) is 22.8 Å². The van der Waals surface area contributed by atoms with Crippen molar-refractivity contribution in [2.24, 2.45) is 23.2 Å². The van der Waals surface area contributed by atoms with E-state index >= 15 is 0 Å². The lowest BCUT2D eigenvalue weighted by molar-refractivity contribution is -0.146. The highest BCUT2D eigenvalue weighted by Gasteiger charge is 2.54. The molecule has 0 saturated heterocycles. The summed E-state index contributed by atoms with van der Waals surface area (Å²) in [6.45, 7) is 0.274. The van der Waals surface area contributed by atoms with Crippen molar-refractivity contribution in [3.05, 3.63) is 24.2 Å². The molecule has 0 radical (unpaired) electrons. The van der Waals surface area contributed by atoms with E-state index in [1.807, 2.05) is 0 Å². The maximum Gasteiger partial charge on any atom is 0.327 e. The number of amides is 4. The number of nitrogens with one attached hydrogen (secondary N) is 4. The van der Waals surface area contributed by atoms with Crippen LogP contribution in [-0.4, -0.2) is 30.2 Å². The van der Waals surface area contributed by atoms with Gasteiger partial charge in [0.05, 0.1) is 12.8 Å². The summed E-state index contributed by atoms with van der Waals surface area (Å²) in [5, 5.41) is 5.29. The van der Waals surface area contributed by atoms with Crippen molar-refractivity contribution in [2.45, 2.75) is 51.5 Å². The summed E-state index contributed by atoms with van der Waals surface area (Å²) >= 11 is 0. The van der Waals surface area contributed by atoms with E-state index in [1.165, 1.54) is 25.5 Å². The minimum Gasteiger partial charge on any atom is -0.467 e. The van der Waals surface area contributed by atoms with Crippen LogP contribution in [0.25, 0.3) is 0 Å². The fourth-order valence-electron chi connectivity index (χ4n) is 5.77. The fraction of sp³-hybridized carbons (Fsp3) is 0.619. The predicted molar refractivity (Wildman–Crippen MR) is 105 cm³/mol. The zero-order valence-electron chi connectivity index (χ0n) is 16.9. The molecule has 9 nitrogen and oxygen atoms in total. The van der Waals surface area contributed by atoms with E-state index in [2.05, 4.69) is 21.5 Å². The van der Waals surface area contributed by atoms with Crippen molar-refractivity contribution in [3.8, 4) is 0 Å². The Morgan fingerprint density at radius 3 is 2.20 bits per heavy atom. The molecule has 1 aromatic rings. The van der Waals surface area contributed by atoms with Gasteiger partial charge in [0.15, 0.2) is 0 Å². The normalized spacial score (nSPS) is 28.6. The van der Waals surface area contributed by atoms with E-state index in [1.54, 1.807) is 12.1 Å². The first-order valence-corrected chi connectivity index (χ1v) is 10.6. The third kappa shape index (κ3) is 4.49. The first-order valence-electron chi connectivity index (χ1n) is 10.6. The highest BCUT2D eigenvalue weighted by atomic mass is 16.3. The molecule has 1 heterocycles. The summed E-state index contributed by atoms with van der Waals surface area (Å²) in [7, 11) is 0. The van der Waals surface area contributed by atoms with Crippen molar-refractivity contribution >= 4 is 23.6 Å². The van der Waals surface area contributed by atoms with Crippen molar-refractivity contribution < 1.29 is 23.6 Å². The summed E-state index contributed by atoms with van der Waals surface area (Å²) < 4.78 is 5.05. The van der Waals surface area contributed by atoms with E-state index in [0.717, 1.165) is 19.3 Å². The molecule has 0 spiro atoms. The van der Waals surface area contributed by atoms with Crippen LogP contribution in [0.3, 0.4) is 0 Å². The number of carbonyl (C=O) groups is 4. The highest BCUT2D eigenvalue weighted by Crippen LogP contribution is 2.60. The SMILES string of the molecule is O=C(CCNC(=O)C12CC3CC(CC(C3)C1)C2)NNC(=O)C(=O)NCc1ccco1. The lowest BCUT2D eigenvalue weighted by Gasteiger charge is -2.55. The number of hydrazine groups is 1. The average Bonchev–Trinajstić information content (AvgIpc) is 3.22. The number of hydrogen-bond acceptors (Lipinski definition) is 5. The van der Waals surface area contributed by atoms with Gasteiger partial charge in [-0.3, -0.25) is 30.0 Å². The van der Waals surface area contributed by atoms with Gasteiger partial charge >= 0.3 is 11.8 Å². The van der Waals surface area contributed by atoms with Gasteiger partial charge in [-0.15, -0.1) is 0 Å². The molecule has 4 N–H and O–H groups in total. The number of carbonyl (C=O) groups excluding carboxylic acids is 4. The lowest BCUT2D eigenvalue weighted by atomic mass is 9.49. The van der Waals surface area contributed by atoms with Gasteiger partial charge in [-0.25, -0.2) is 0 Å². The van der Waals surface area contributed by atoms with Crippen molar-refractivity contribution in [1.29, 1.82) is 0 Å². The molecule has 30 heavy (non-hydrogen) atoms. The molecule has 162 valence electrons. The molecule has 4 saturated carbocycles. The molecular formula is C21H28N4O5. The Kier molecular flexibility index (Phi) is 5.78. The summed E-state index contributed by atoms with van der Waals surface area (Å²) in [5.41, 5.74) is 4.01. The van der Waals surface area contributed by atoms with Gasteiger partial charge < -0.3 is 15.1 Å². The molecule has 1 aromatic heterocycles. The zero-order valence-corrected chi connectivity index (χ0v) is 16.9. The largest absolute Gasteiger partial charge is 0.467 e. The quantitative estimate of drug-likeness (QED) is 0.402. The van der Waals surface area contributed by atoms with E-state index in [9.17, 15) is 19.2 Å². The molecule has 4 amide bonds. The second kappa shape index (κ2) is 8.49. The van der Waals surface area contributed by atoms with Crippen LogP contribution in [0.4, 0.5) is 0 Å². The van der Waals surface area contributed by atoms with E-state index < -0.39 is 17.7 Å². The van der Waals surface area contributed by atoms with Crippen LogP contribution in [0.5, 0.6) is 0 Å². The van der Waals surface area contributed by atoms with Gasteiger partial charge in [0.1, 0.15) is 5.76 Å². The van der Waals surface area contributed by atoms with Crippen LogP contribution in [0.2, 0.25) is 0 Å². The Bertz CT molecular complexity index is 784. The Labute approximate surface area is 174 Å². The Morgan fingerprint density at radius 2 is 1.60 bits per heavy atom. The third-order valence-corrected chi connectivity index (χ3v) is 6.68. The maximum atomic E-state index is 12.8. The lowest BCUT2D eigenvalue weighted by Crippen LogP contribution is -2.54. The van der Waals surface area contributed by atoms with Crippen molar-refractivity contribution in [1.82, 2.24) is 21.5 Å². The molecule has 4 fully saturated rings. The average molecular weight is 416 g/mol. The number of hydrogen-bond donors (Lipinski definition) is 4. The summed E-state index contributed by atoms with van der Waals surface area (Å²) in [6.07, 6.45) is 8.20. The number of rotatable bonds is 6. The smallest absolute Gasteiger partial charge is 0.327 e. The third-order valence-electron chi connectivity index (χ3n) is 6.68. The molecule has 0 aromatic carbocycles. The molecule has 4 aliphatic carbocycles. The second-order valence-corrected chi connectivity index (χ2v) is 8.97. The summed E-state index contributed by atoms with van der Waals surface area (Å²) in [4.78, 5) is 48.1. The Hall–Kier alpha value is -2.84. The van der Waals surface area contributed by atoms with Crippen LogP contribution >= 0.6 is 0 Å². The van der Waals surface area contributed by atoms with Gasteiger partial charge in [0.25, 0.3) is 0 Å². The monoisotopic (exact) mass is 416 g/mol. The Morgan fingerprint density at radius 1 is 0.933 bits per heavy atom. The minimum atomic E-state index is -0.979. The van der Waals surface area contributed by atoms with Gasteiger partial charge in [-0.1, -0.05) is 0 Å². The van der Waals surface area contributed by atoms with Crippen LogP contribution in [0.1, 0.15) is 50.7 Å². The first kappa shape index (κ1) is 20.4. The van der Waals surface area contributed by atoms with Gasteiger partial charge in [-0.05, 0) is 68.4 Å². The zero-order chi connectivity index (χ0) is 21.1. The molecule has 0 aliphatic heterocycles. The van der Waals surface area contributed by atoms with E-state index in [0.29, 0.717) is 23.5 Å². The standard InChI is InChI=1S/C21H28N4O5/c26-17(24-25-19(28)18(27)23-12-16-2-1-5-30-16)3-4-22-20(29)21-9-13-6-14(10-21)8-15(7-13)11-21/h1-2,5,13-15H,3-4,6-12H2,(H,22,29)(H,23,27)(H,24,26)(H,25,28). The van der Waals surface area contributed by atoms with E-state index in [4.69, 9.17) is 4.42 Å². The molecule has 4 bridgehead atoms. The molecule has 4 aliphatic rings. The number of furan rings is 1. The topological polar surface area (TPSA) is 130 Å². The van der Waals surface area contributed by atoms with Crippen molar-refractivity contribution in [3.63, 3.8) is 0 Å². The minimum absolute atomic E-state index is 0.0202. The van der Waals surface area contributed by atoms with Gasteiger partial charge in [-0.2, -0.15) is 0 Å². The summed E-state index contributed by atoms with van der Waals surface area (Å²) in [6, 6.07) is 3.33. The van der Waals surface area contributed by atoms with Gasteiger partial charge in [0, 0.05) is 18.4 Å². The Balaban J connectivity index is 1.13. The van der Waals surface area contributed by atoms with E-state index in [-0.39, 0.29) is 30.8 Å². The van der Waals surface area contributed by atoms with Crippen LogP contribution in [0, 0.1) is 23.2 Å². The maximum absolute atomic E-state index is 12.8. The highest BCUT2D eigenvalue weighted by molar-refractivity contribution is 6.35. The molecule has 9 heteroatoms. The van der Waals surface area contributed by atoms with Crippen LogP contribution < -0.4 is 21.5 Å². The van der Waals surface area contributed by atoms with Crippen molar-refractivity contribution in [2.75, 3.05) is 6.54 Å². The molecule has 5 rings (SSSR count). The molecular weight excluding hydrogens is 388 g/mol. The second-order valence-electron chi connectivity index (χ2n) is 8.97. The van der Waals surface area contributed by atoms with Crippen LogP contribution in [-0.2, 0) is 25.7 Å². The van der Waals surface area contributed by atoms with Gasteiger partial charge in [0.2, 0.25) is 11.8 Å². The summed E-state index contributed by atoms with van der Waals surface area (Å²) in [5.74, 6) is 0.270.